The molecule has 1 unspecified atom stereocenters. The summed E-state index contributed by atoms with van der Waals surface area (Å²) in [5.74, 6) is -1.10. The Bertz CT molecular complexity index is 1440. The molecule has 5 rings (SSSR count). The highest BCUT2D eigenvalue weighted by molar-refractivity contribution is 6.52. The number of amides is 1. The van der Waals surface area contributed by atoms with Crippen LogP contribution in [0.25, 0.3) is 16.7 Å². The van der Waals surface area contributed by atoms with Gasteiger partial charge in [-0.2, -0.15) is 0 Å². The molecule has 1 aromatic heterocycles. The van der Waals surface area contributed by atoms with Gasteiger partial charge >= 0.3 is 0 Å². The summed E-state index contributed by atoms with van der Waals surface area (Å²) < 4.78 is 5.52. The van der Waals surface area contributed by atoms with E-state index in [9.17, 15) is 14.7 Å². The monoisotopic (exact) mass is 472 g/mol. The zero-order valence-electron chi connectivity index (χ0n) is 18.3. The molecule has 4 aromatic rings. The van der Waals surface area contributed by atoms with E-state index >= 15 is 0 Å². The average Bonchev–Trinajstić information content (AvgIpc) is 3.38. The van der Waals surface area contributed by atoms with Gasteiger partial charge in [0.05, 0.1) is 18.2 Å². The Hall–Kier alpha value is -4.03. The van der Waals surface area contributed by atoms with E-state index in [0.717, 1.165) is 10.9 Å². The van der Waals surface area contributed by atoms with Gasteiger partial charge in [-0.1, -0.05) is 41.9 Å². The number of para-hydroxylation sites is 1. The van der Waals surface area contributed by atoms with Gasteiger partial charge < -0.3 is 14.8 Å². The van der Waals surface area contributed by atoms with E-state index in [1.165, 1.54) is 4.90 Å². The Morgan fingerprint density at radius 1 is 1.06 bits per heavy atom. The number of carbonyl (C=O) groups is 2. The highest BCUT2D eigenvalue weighted by atomic mass is 35.5. The van der Waals surface area contributed by atoms with Crippen molar-refractivity contribution in [1.82, 2.24) is 4.98 Å². The third-order valence-electron chi connectivity index (χ3n) is 5.88. The van der Waals surface area contributed by atoms with Crippen molar-refractivity contribution in [3.63, 3.8) is 0 Å². The maximum absolute atomic E-state index is 13.3. The second kappa shape index (κ2) is 8.72. The molecule has 1 aliphatic rings. The molecule has 6 nitrogen and oxygen atoms in total. The highest BCUT2D eigenvalue weighted by Crippen LogP contribution is 2.44. The topological polar surface area (TPSA) is 82.6 Å². The lowest BCUT2D eigenvalue weighted by Crippen LogP contribution is -2.29. The molecular formula is C27H21ClN2O4. The van der Waals surface area contributed by atoms with E-state index in [1.807, 2.05) is 31.2 Å². The van der Waals surface area contributed by atoms with Crippen LogP contribution in [-0.4, -0.2) is 28.4 Å². The summed E-state index contributed by atoms with van der Waals surface area (Å²) in [5.41, 5.74) is 2.45. The SMILES string of the molecule is CCOc1ccc(N2C(=O)C(=O)/C(=C(/O)c3cccc(Cl)c3)C2c2c[nH]c3ccccc23)cc1. The van der Waals surface area contributed by atoms with E-state index in [1.54, 1.807) is 54.7 Å². The van der Waals surface area contributed by atoms with E-state index < -0.39 is 17.7 Å². The molecule has 0 radical (unpaired) electrons. The molecule has 0 bridgehead atoms. The van der Waals surface area contributed by atoms with Crippen molar-refractivity contribution in [3.8, 4) is 5.75 Å². The number of aromatic nitrogens is 1. The minimum atomic E-state index is -0.840. The first kappa shape index (κ1) is 21.8. The van der Waals surface area contributed by atoms with Crippen molar-refractivity contribution in [2.45, 2.75) is 13.0 Å². The number of nitrogens with one attached hydrogen (secondary N) is 1. The lowest BCUT2D eigenvalue weighted by Gasteiger charge is -2.25. The lowest BCUT2D eigenvalue weighted by molar-refractivity contribution is -0.132. The van der Waals surface area contributed by atoms with Crippen molar-refractivity contribution in [3.05, 3.63) is 101 Å². The maximum Gasteiger partial charge on any atom is 0.300 e. The maximum atomic E-state index is 13.3. The smallest absolute Gasteiger partial charge is 0.300 e. The minimum absolute atomic E-state index is 0.00547. The molecule has 1 saturated heterocycles. The number of rotatable bonds is 5. The first-order chi connectivity index (χ1) is 16.5. The third-order valence-corrected chi connectivity index (χ3v) is 6.12. The molecule has 2 heterocycles. The molecule has 0 spiro atoms. The Kier molecular flexibility index (Phi) is 5.59. The fourth-order valence-electron chi connectivity index (χ4n) is 4.37. The van der Waals surface area contributed by atoms with Gasteiger partial charge in [-0.25, -0.2) is 0 Å². The molecule has 34 heavy (non-hydrogen) atoms. The summed E-state index contributed by atoms with van der Waals surface area (Å²) in [4.78, 5) is 31.3. The normalized spacial score (nSPS) is 17.5. The predicted molar refractivity (Wildman–Crippen MR) is 132 cm³/mol. The molecule has 170 valence electrons. The third kappa shape index (κ3) is 3.62. The van der Waals surface area contributed by atoms with Crippen molar-refractivity contribution in [1.29, 1.82) is 0 Å². The van der Waals surface area contributed by atoms with Crippen molar-refractivity contribution in [2.24, 2.45) is 0 Å². The number of carbonyl (C=O) groups excluding carboxylic acids is 2. The molecular weight excluding hydrogens is 452 g/mol. The number of benzene rings is 3. The van der Waals surface area contributed by atoms with Crippen LogP contribution in [0.15, 0.2) is 84.6 Å². The number of nitrogens with zero attached hydrogens (tertiary/aromatic N) is 1. The molecule has 3 aromatic carbocycles. The van der Waals surface area contributed by atoms with Crippen LogP contribution in [0.4, 0.5) is 5.69 Å². The largest absolute Gasteiger partial charge is 0.507 e. The number of aliphatic hydroxyl groups is 1. The number of aromatic amines is 1. The van der Waals surface area contributed by atoms with Crippen molar-refractivity contribution < 1.29 is 19.4 Å². The average molecular weight is 473 g/mol. The van der Waals surface area contributed by atoms with Gasteiger partial charge in [0.2, 0.25) is 0 Å². The number of fused-ring (bicyclic) bond motifs is 1. The number of anilines is 1. The van der Waals surface area contributed by atoms with Crippen LogP contribution in [0.2, 0.25) is 5.02 Å². The number of halogens is 1. The number of hydrogen-bond acceptors (Lipinski definition) is 4. The quantitative estimate of drug-likeness (QED) is 0.217. The number of aliphatic hydroxyl groups excluding tert-OH is 1. The lowest BCUT2D eigenvalue weighted by atomic mass is 9.94. The summed E-state index contributed by atoms with van der Waals surface area (Å²) in [6.45, 7) is 2.40. The molecule has 7 heteroatoms. The van der Waals surface area contributed by atoms with Crippen LogP contribution in [0.1, 0.15) is 24.1 Å². The van der Waals surface area contributed by atoms with E-state index in [-0.39, 0.29) is 11.3 Å². The van der Waals surface area contributed by atoms with Gasteiger partial charge in [0.15, 0.2) is 0 Å². The Labute approximate surface area is 201 Å². The molecule has 1 fully saturated rings. The van der Waals surface area contributed by atoms with E-state index in [2.05, 4.69) is 4.98 Å². The molecule has 1 amide bonds. The zero-order chi connectivity index (χ0) is 23.8. The van der Waals surface area contributed by atoms with Gasteiger partial charge in [-0.15, -0.1) is 0 Å². The Morgan fingerprint density at radius 3 is 2.56 bits per heavy atom. The first-order valence-corrected chi connectivity index (χ1v) is 11.2. The molecule has 1 atom stereocenters. The number of ketones is 1. The second-order valence-electron chi connectivity index (χ2n) is 7.90. The second-order valence-corrected chi connectivity index (χ2v) is 8.33. The minimum Gasteiger partial charge on any atom is -0.507 e. The fourth-order valence-corrected chi connectivity index (χ4v) is 4.56. The molecule has 2 N–H and O–H groups in total. The summed E-state index contributed by atoms with van der Waals surface area (Å²) in [6, 6.07) is 20.3. The van der Waals surface area contributed by atoms with Gasteiger partial charge in [-0.3, -0.25) is 14.5 Å². The van der Waals surface area contributed by atoms with Gasteiger partial charge in [-0.05, 0) is 49.4 Å². The Balaban J connectivity index is 1.73. The molecule has 1 aliphatic heterocycles. The number of hydrogen-bond donors (Lipinski definition) is 2. The highest BCUT2D eigenvalue weighted by Gasteiger charge is 2.47. The fraction of sp³-hybridized carbons (Fsp3) is 0.111. The van der Waals surface area contributed by atoms with Gasteiger partial charge in [0.1, 0.15) is 11.5 Å². The van der Waals surface area contributed by atoms with Crippen LogP contribution in [0.5, 0.6) is 5.75 Å². The Morgan fingerprint density at radius 2 is 1.82 bits per heavy atom. The van der Waals surface area contributed by atoms with Gasteiger partial charge in [0, 0.05) is 38.9 Å². The summed E-state index contributed by atoms with van der Waals surface area (Å²) in [6.07, 6.45) is 1.77. The van der Waals surface area contributed by atoms with Gasteiger partial charge in [0.25, 0.3) is 11.7 Å². The van der Waals surface area contributed by atoms with Crippen LogP contribution < -0.4 is 9.64 Å². The number of Topliss-reactive ketones (excluding diaryl/α,β-unsaturated/α-hetero) is 1. The summed E-state index contributed by atoms with van der Waals surface area (Å²) >= 11 is 6.13. The van der Waals surface area contributed by atoms with E-state index in [4.69, 9.17) is 16.3 Å². The standard InChI is InChI=1S/C27H21ClN2O4/c1-2-34-19-12-10-18(11-13-19)30-24(21-15-29-22-9-4-3-8-20(21)22)23(26(32)27(30)33)25(31)16-6-5-7-17(28)14-16/h3-15,24,29,31H,2H2,1H3/b25-23+. The van der Waals surface area contributed by atoms with Crippen LogP contribution in [0.3, 0.4) is 0 Å². The predicted octanol–water partition coefficient (Wildman–Crippen LogP) is 5.85. The number of ether oxygens (including phenoxy) is 1. The van der Waals surface area contributed by atoms with E-state index in [0.29, 0.717) is 34.2 Å². The number of H-pyrrole nitrogens is 1. The van der Waals surface area contributed by atoms with Crippen molar-refractivity contribution in [2.75, 3.05) is 11.5 Å². The zero-order valence-corrected chi connectivity index (χ0v) is 19.0. The molecule has 0 saturated carbocycles. The molecule has 0 aliphatic carbocycles. The van der Waals surface area contributed by atoms with Crippen LogP contribution in [-0.2, 0) is 9.59 Å². The van der Waals surface area contributed by atoms with Crippen LogP contribution in [0, 0.1) is 0 Å². The van der Waals surface area contributed by atoms with Crippen LogP contribution >= 0.6 is 11.6 Å². The summed E-state index contributed by atoms with van der Waals surface area (Å²) in [7, 11) is 0. The van der Waals surface area contributed by atoms with Crippen molar-refractivity contribution >= 4 is 45.6 Å². The summed E-state index contributed by atoms with van der Waals surface area (Å²) in [5, 5.41) is 12.5. The first-order valence-electron chi connectivity index (χ1n) is 10.9.